The van der Waals surface area contributed by atoms with E-state index < -0.39 is 0 Å². The Balaban J connectivity index is 2.57. The van der Waals surface area contributed by atoms with Crippen LogP contribution in [0.25, 0.3) is 0 Å². The molecular weight excluding hydrogens is 250 g/mol. The van der Waals surface area contributed by atoms with Gasteiger partial charge in [-0.15, -0.1) is 0 Å². The number of aromatic nitrogens is 1. The highest BCUT2D eigenvalue weighted by Crippen LogP contribution is 2.15. The predicted octanol–water partition coefficient (Wildman–Crippen LogP) is 3.46. The summed E-state index contributed by atoms with van der Waals surface area (Å²) >= 11 is 0. The number of amides is 1. The number of nitrogens with one attached hydrogen (secondary N) is 2. The number of hydrogen-bond donors (Lipinski definition) is 2. The van der Waals surface area contributed by atoms with Crippen LogP contribution < -0.4 is 10.6 Å². The highest BCUT2D eigenvalue weighted by atomic mass is 16.1. The van der Waals surface area contributed by atoms with Gasteiger partial charge in [0, 0.05) is 25.5 Å². The van der Waals surface area contributed by atoms with Crippen LogP contribution in [-0.4, -0.2) is 24.0 Å². The third-order valence-corrected chi connectivity index (χ3v) is 3.53. The lowest BCUT2D eigenvalue weighted by Gasteiger charge is -2.16. The number of anilines is 1. The number of nitrogens with zero attached hydrogens (tertiary/aromatic N) is 1. The fraction of sp³-hybridized carbons (Fsp3) is 0.625. The SMILES string of the molecule is CCCCC(CC)CNC(=O)c1cnccc1NCC. The molecule has 0 aromatic carbocycles. The van der Waals surface area contributed by atoms with Gasteiger partial charge < -0.3 is 10.6 Å². The van der Waals surface area contributed by atoms with Crippen molar-refractivity contribution in [3.8, 4) is 0 Å². The predicted molar refractivity (Wildman–Crippen MR) is 84.0 cm³/mol. The van der Waals surface area contributed by atoms with Gasteiger partial charge in [0.15, 0.2) is 0 Å². The van der Waals surface area contributed by atoms with E-state index in [2.05, 4.69) is 29.5 Å². The van der Waals surface area contributed by atoms with Crippen LogP contribution in [0.4, 0.5) is 5.69 Å². The monoisotopic (exact) mass is 277 g/mol. The molecule has 4 nitrogen and oxygen atoms in total. The van der Waals surface area contributed by atoms with E-state index in [1.165, 1.54) is 19.3 Å². The Hall–Kier alpha value is -1.58. The summed E-state index contributed by atoms with van der Waals surface area (Å²) < 4.78 is 0. The largest absolute Gasteiger partial charge is 0.385 e. The molecule has 1 rings (SSSR count). The van der Waals surface area contributed by atoms with E-state index in [9.17, 15) is 4.79 Å². The lowest BCUT2D eigenvalue weighted by molar-refractivity contribution is 0.0946. The Kier molecular flexibility index (Phi) is 7.70. The van der Waals surface area contributed by atoms with Crippen molar-refractivity contribution in [2.24, 2.45) is 5.92 Å². The first kappa shape index (κ1) is 16.5. The van der Waals surface area contributed by atoms with E-state index in [-0.39, 0.29) is 5.91 Å². The Morgan fingerprint density at radius 3 is 2.80 bits per heavy atom. The minimum atomic E-state index is -0.0380. The molecule has 4 heteroatoms. The molecule has 2 N–H and O–H groups in total. The maximum Gasteiger partial charge on any atom is 0.254 e. The van der Waals surface area contributed by atoms with Crippen molar-refractivity contribution in [1.29, 1.82) is 0 Å². The summed E-state index contributed by atoms with van der Waals surface area (Å²) in [5.41, 5.74) is 1.47. The van der Waals surface area contributed by atoms with Gasteiger partial charge in [0.25, 0.3) is 5.91 Å². The summed E-state index contributed by atoms with van der Waals surface area (Å²) in [7, 11) is 0. The zero-order valence-electron chi connectivity index (χ0n) is 12.9. The zero-order chi connectivity index (χ0) is 14.8. The first-order valence-corrected chi connectivity index (χ1v) is 7.68. The molecule has 1 unspecified atom stereocenters. The van der Waals surface area contributed by atoms with Crippen LogP contribution in [-0.2, 0) is 0 Å². The minimum Gasteiger partial charge on any atom is -0.385 e. The smallest absolute Gasteiger partial charge is 0.254 e. The minimum absolute atomic E-state index is 0.0380. The summed E-state index contributed by atoms with van der Waals surface area (Å²) in [4.78, 5) is 16.3. The van der Waals surface area contributed by atoms with Crippen LogP contribution in [0.15, 0.2) is 18.5 Å². The van der Waals surface area contributed by atoms with E-state index in [0.717, 1.165) is 25.2 Å². The number of unbranched alkanes of at least 4 members (excludes halogenated alkanes) is 1. The maximum absolute atomic E-state index is 12.2. The second kappa shape index (κ2) is 9.34. The van der Waals surface area contributed by atoms with Gasteiger partial charge in [0.05, 0.1) is 11.3 Å². The summed E-state index contributed by atoms with van der Waals surface area (Å²) in [5, 5.41) is 6.23. The van der Waals surface area contributed by atoms with Gasteiger partial charge in [-0.3, -0.25) is 9.78 Å². The molecule has 0 saturated carbocycles. The second-order valence-electron chi connectivity index (χ2n) is 5.08. The Morgan fingerprint density at radius 1 is 1.35 bits per heavy atom. The Morgan fingerprint density at radius 2 is 2.15 bits per heavy atom. The van der Waals surface area contributed by atoms with Crippen LogP contribution in [0, 0.1) is 5.92 Å². The standard InChI is InChI=1S/C16H27N3O/c1-4-7-8-13(5-2)11-19-16(20)14-12-17-10-9-15(14)18-6-3/h9-10,12-13H,4-8,11H2,1-3H3,(H,17,18)(H,19,20). The van der Waals surface area contributed by atoms with Gasteiger partial charge in [-0.05, 0) is 25.3 Å². The quantitative estimate of drug-likeness (QED) is 0.727. The van der Waals surface area contributed by atoms with Gasteiger partial charge >= 0.3 is 0 Å². The maximum atomic E-state index is 12.2. The zero-order valence-corrected chi connectivity index (χ0v) is 12.9. The van der Waals surface area contributed by atoms with Gasteiger partial charge in [-0.25, -0.2) is 0 Å². The number of carbonyl (C=O) groups excluding carboxylic acids is 1. The van der Waals surface area contributed by atoms with Crippen molar-refractivity contribution in [3.63, 3.8) is 0 Å². The van der Waals surface area contributed by atoms with Crippen molar-refractivity contribution < 1.29 is 4.79 Å². The highest BCUT2D eigenvalue weighted by molar-refractivity contribution is 5.99. The van der Waals surface area contributed by atoms with Crippen LogP contribution in [0.1, 0.15) is 56.8 Å². The third kappa shape index (κ3) is 5.19. The number of pyridine rings is 1. The van der Waals surface area contributed by atoms with Crippen molar-refractivity contribution in [2.45, 2.75) is 46.5 Å². The molecule has 0 radical (unpaired) electrons. The lowest BCUT2D eigenvalue weighted by Crippen LogP contribution is -2.29. The van der Waals surface area contributed by atoms with Gasteiger partial charge in [-0.2, -0.15) is 0 Å². The Bertz CT molecular complexity index is 406. The molecule has 20 heavy (non-hydrogen) atoms. The van der Waals surface area contributed by atoms with Crippen molar-refractivity contribution in [1.82, 2.24) is 10.3 Å². The highest BCUT2D eigenvalue weighted by Gasteiger charge is 2.13. The third-order valence-electron chi connectivity index (χ3n) is 3.53. The molecule has 1 atom stereocenters. The molecule has 0 aliphatic heterocycles. The summed E-state index contributed by atoms with van der Waals surface area (Å²) in [6.07, 6.45) is 8.04. The average Bonchev–Trinajstić information content (AvgIpc) is 2.48. The fourth-order valence-electron chi connectivity index (χ4n) is 2.20. The molecule has 0 bridgehead atoms. The molecule has 0 aliphatic rings. The van der Waals surface area contributed by atoms with Gasteiger partial charge in [0.1, 0.15) is 0 Å². The topological polar surface area (TPSA) is 54.0 Å². The summed E-state index contributed by atoms with van der Waals surface area (Å²) in [5.74, 6) is 0.530. The molecule has 1 aromatic rings. The van der Waals surface area contributed by atoms with E-state index in [1.807, 2.05) is 13.0 Å². The molecule has 1 amide bonds. The molecule has 0 saturated heterocycles. The first-order chi connectivity index (χ1) is 9.72. The molecule has 112 valence electrons. The molecule has 1 aromatic heterocycles. The van der Waals surface area contributed by atoms with E-state index >= 15 is 0 Å². The molecule has 0 aliphatic carbocycles. The number of carbonyl (C=O) groups is 1. The normalized spacial score (nSPS) is 11.9. The average molecular weight is 277 g/mol. The van der Waals surface area contributed by atoms with Crippen LogP contribution >= 0.6 is 0 Å². The van der Waals surface area contributed by atoms with Crippen LogP contribution in [0.5, 0.6) is 0 Å². The van der Waals surface area contributed by atoms with E-state index in [4.69, 9.17) is 0 Å². The second-order valence-corrected chi connectivity index (χ2v) is 5.08. The van der Waals surface area contributed by atoms with Crippen molar-refractivity contribution >= 4 is 11.6 Å². The van der Waals surface area contributed by atoms with Crippen LogP contribution in [0.2, 0.25) is 0 Å². The summed E-state index contributed by atoms with van der Waals surface area (Å²) in [6.45, 7) is 7.93. The molecule has 1 heterocycles. The molecule has 0 spiro atoms. The lowest BCUT2D eigenvalue weighted by atomic mass is 9.99. The molecular formula is C16H27N3O. The van der Waals surface area contributed by atoms with Crippen molar-refractivity contribution in [2.75, 3.05) is 18.4 Å². The summed E-state index contributed by atoms with van der Waals surface area (Å²) in [6, 6.07) is 1.84. The fourth-order valence-corrected chi connectivity index (χ4v) is 2.20. The number of rotatable bonds is 9. The van der Waals surface area contributed by atoms with Crippen molar-refractivity contribution in [3.05, 3.63) is 24.0 Å². The van der Waals surface area contributed by atoms with Gasteiger partial charge in [0.2, 0.25) is 0 Å². The van der Waals surface area contributed by atoms with Crippen LogP contribution in [0.3, 0.4) is 0 Å². The number of hydrogen-bond acceptors (Lipinski definition) is 3. The van der Waals surface area contributed by atoms with Gasteiger partial charge in [-0.1, -0.05) is 33.1 Å². The Labute approximate surface area is 122 Å². The van der Waals surface area contributed by atoms with E-state index in [0.29, 0.717) is 11.5 Å². The molecule has 0 fully saturated rings. The first-order valence-electron chi connectivity index (χ1n) is 7.68. The van der Waals surface area contributed by atoms with E-state index in [1.54, 1.807) is 12.4 Å².